The molecule has 0 aliphatic rings. The molecule has 0 bridgehead atoms. The van der Waals surface area contributed by atoms with Crippen molar-refractivity contribution in [3.63, 3.8) is 0 Å². The summed E-state index contributed by atoms with van der Waals surface area (Å²) in [7, 11) is 0. The van der Waals surface area contributed by atoms with Crippen LogP contribution in [0.3, 0.4) is 0 Å². The Morgan fingerprint density at radius 2 is 0.759 bits per heavy atom. The molecule has 0 unspecified atom stereocenters. The lowest BCUT2D eigenvalue weighted by Crippen LogP contribution is -2.09. The van der Waals surface area contributed by atoms with Gasteiger partial charge in [-0.1, -0.05) is 127 Å². The Bertz CT molecular complexity index is 3440. The molecule has 0 aliphatic carbocycles. The van der Waals surface area contributed by atoms with Crippen LogP contribution in [0.2, 0.25) is 0 Å². The Balaban J connectivity index is 1.01. The summed E-state index contributed by atoms with van der Waals surface area (Å²) >= 11 is 0. The van der Waals surface area contributed by atoms with Gasteiger partial charge in [-0.05, 0) is 95.1 Å². The van der Waals surface area contributed by atoms with Crippen molar-refractivity contribution < 1.29 is 13.3 Å². The molecule has 0 amide bonds. The number of anilines is 3. The van der Waals surface area contributed by atoms with Crippen LogP contribution in [0.15, 0.2) is 213 Å². The number of fused-ring (bicyclic) bond motifs is 10. The van der Waals surface area contributed by atoms with Crippen molar-refractivity contribution in [1.82, 2.24) is 0 Å². The molecule has 12 rings (SSSR count). The summed E-state index contributed by atoms with van der Waals surface area (Å²) in [5, 5.41) is 6.40. The fraction of sp³-hybridized carbons (Fsp3) is 0. The van der Waals surface area contributed by atoms with E-state index in [1.807, 2.05) is 36.4 Å². The maximum atomic E-state index is 6.85. The van der Waals surface area contributed by atoms with E-state index in [2.05, 4.69) is 169 Å². The third-order valence-electron chi connectivity index (χ3n) is 11.5. The molecule has 3 aromatic heterocycles. The molecule has 0 fully saturated rings. The summed E-state index contributed by atoms with van der Waals surface area (Å²) in [6, 6.07) is 70.1. The zero-order chi connectivity index (χ0) is 38.2. The Kier molecular flexibility index (Phi) is 7.20. The maximum absolute atomic E-state index is 6.85. The molecular weight excluding hydrogens is 711 g/mol. The van der Waals surface area contributed by atoms with Crippen LogP contribution in [0.1, 0.15) is 0 Å². The van der Waals surface area contributed by atoms with Crippen LogP contribution in [-0.4, -0.2) is 0 Å². The second-order valence-electron chi connectivity index (χ2n) is 14.8. The van der Waals surface area contributed by atoms with Crippen LogP contribution < -0.4 is 4.90 Å². The van der Waals surface area contributed by atoms with Crippen LogP contribution in [-0.2, 0) is 0 Å². The molecule has 0 N–H and O–H groups in total. The van der Waals surface area contributed by atoms with E-state index in [0.29, 0.717) is 0 Å². The minimum absolute atomic E-state index is 0.820. The first-order valence-electron chi connectivity index (χ1n) is 19.6. The molecule has 0 spiro atoms. The van der Waals surface area contributed by atoms with Gasteiger partial charge in [0, 0.05) is 60.5 Å². The Labute approximate surface area is 333 Å². The van der Waals surface area contributed by atoms with Gasteiger partial charge < -0.3 is 18.2 Å². The molecule has 4 nitrogen and oxygen atoms in total. The second-order valence-corrected chi connectivity index (χ2v) is 14.8. The Hall–Kier alpha value is -7.82. The van der Waals surface area contributed by atoms with Gasteiger partial charge in [0.2, 0.25) is 0 Å². The average molecular weight is 744 g/mol. The van der Waals surface area contributed by atoms with Gasteiger partial charge in [-0.3, -0.25) is 0 Å². The van der Waals surface area contributed by atoms with Crippen molar-refractivity contribution in [2.24, 2.45) is 0 Å². The first-order valence-corrected chi connectivity index (χ1v) is 19.6. The summed E-state index contributed by atoms with van der Waals surface area (Å²) in [5.41, 5.74) is 14.9. The monoisotopic (exact) mass is 743 g/mol. The highest BCUT2D eigenvalue weighted by Gasteiger charge is 2.22. The number of furan rings is 3. The van der Waals surface area contributed by atoms with Crippen LogP contribution in [0.5, 0.6) is 0 Å². The summed E-state index contributed by atoms with van der Waals surface area (Å²) in [5.74, 6) is 0. The van der Waals surface area contributed by atoms with Gasteiger partial charge in [0.15, 0.2) is 0 Å². The number of hydrogen-bond acceptors (Lipinski definition) is 4. The van der Waals surface area contributed by atoms with E-state index in [9.17, 15) is 0 Å². The van der Waals surface area contributed by atoms with Crippen molar-refractivity contribution in [2.75, 3.05) is 4.90 Å². The molecule has 272 valence electrons. The van der Waals surface area contributed by atoms with Crippen LogP contribution >= 0.6 is 0 Å². The summed E-state index contributed by atoms with van der Waals surface area (Å²) in [6.07, 6.45) is 0. The van der Waals surface area contributed by atoms with Crippen molar-refractivity contribution in [1.29, 1.82) is 0 Å². The van der Waals surface area contributed by atoms with Crippen LogP contribution in [0, 0.1) is 0 Å². The molecule has 3 heterocycles. The average Bonchev–Trinajstić information content (AvgIpc) is 3.98. The van der Waals surface area contributed by atoms with E-state index >= 15 is 0 Å². The summed E-state index contributed by atoms with van der Waals surface area (Å²) in [4.78, 5) is 2.28. The molecule has 58 heavy (non-hydrogen) atoms. The first-order chi connectivity index (χ1) is 28.7. The minimum Gasteiger partial charge on any atom is -0.456 e. The van der Waals surface area contributed by atoms with E-state index in [4.69, 9.17) is 13.3 Å². The molecule has 9 aromatic carbocycles. The molecule has 0 saturated heterocycles. The quantitative estimate of drug-likeness (QED) is 0.170. The lowest BCUT2D eigenvalue weighted by molar-refractivity contribution is 0.662. The summed E-state index contributed by atoms with van der Waals surface area (Å²) < 4.78 is 19.8. The zero-order valence-corrected chi connectivity index (χ0v) is 31.2. The number of hydrogen-bond donors (Lipinski definition) is 0. The SMILES string of the molecule is c1ccc(N(c2ccccc2)c2ccc(-c3ccc(-c4cc(-c5cccc6c5oc5ccccc56)c5oc6ccc7oc8ccccc8c7c6c5c4)cc3)cc2)cc1. The highest BCUT2D eigenvalue weighted by Crippen LogP contribution is 2.46. The maximum Gasteiger partial charge on any atom is 0.143 e. The number of nitrogens with zero attached hydrogens (tertiary/aromatic N) is 1. The number of rotatable bonds is 6. The molecule has 12 aromatic rings. The van der Waals surface area contributed by atoms with E-state index in [0.717, 1.165) is 116 Å². The smallest absolute Gasteiger partial charge is 0.143 e. The topological polar surface area (TPSA) is 42.7 Å². The Morgan fingerprint density at radius 1 is 0.276 bits per heavy atom. The van der Waals surface area contributed by atoms with Gasteiger partial charge in [-0.25, -0.2) is 0 Å². The van der Waals surface area contributed by atoms with Gasteiger partial charge in [0.25, 0.3) is 0 Å². The van der Waals surface area contributed by atoms with Crippen molar-refractivity contribution >= 4 is 82.9 Å². The van der Waals surface area contributed by atoms with Gasteiger partial charge in [-0.2, -0.15) is 0 Å². The number of para-hydroxylation sites is 5. The number of benzene rings is 9. The van der Waals surface area contributed by atoms with Gasteiger partial charge >= 0.3 is 0 Å². The van der Waals surface area contributed by atoms with Gasteiger partial charge in [0.05, 0.1) is 0 Å². The van der Waals surface area contributed by atoms with Gasteiger partial charge in [0.1, 0.15) is 33.5 Å². The second kappa shape index (κ2) is 12.9. The molecule has 4 heteroatoms. The highest BCUT2D eigenvalue weighted by atomic mass is 16.3. The van der Waals surface area contributed by atoms with Crippen LogP contribution in [0.4, 0.5) is 17.1 Å². The zero-order valence-electron chi connectivity index (χ0n) is 31.2. The first kappa shape index (κ1) is 32.4. The lowest BCUT2D eigenvalue weighted by atomic mass is 9.93. The van der Waals surface area contributed by atoms with Gasteiger partial charge in [-0.15, -0.1) is 0 Å². The molecule has 0 aliphatic heterocycles. The predicted octanol–water partition coefficient (Wildman–Crippen LogP) is 15.9. The lowest BCUT2D eigenvalue weighted by Gasteiger charge is -2.25. The van der Waals surface area contributed by atoms with E-state index in [-0.39, 0.29) is 0 Å². The highest BCUT2D eigenvalue weighted by molar-refractivity contribution is 6.27. The van der Waals surface area contributed by atoms with Crippen LogP contribution in [0.25, 0.3) is 99.2 Å². The minimum atomic E-state index is 0.820. The third-order valence-corrected chi connectivity index (χ3v) is 11.5. The standard InChI is InChI=1S/C54H33NO3/c1-3-12-38(13-4-1)55(39-14-5-2-6-15-39)40-28-26-35(27-29-40)34-22-24-36(25-23-34)37-32-45(43-19-11-18-42-41-16-7-9-20-47(41)57-53(42)43)54-46(33-37)52-50(58-54)31-30-49-51(52)44-17-8-10-21-48(44)56-49/h1-33H. The van der Waals surface area contributed by atoms with Crippen molar-refractivity contribution in [3.05, 3.63) is 200 Å². The molecule has 0 atom stereocenters. The molecule has 0 radical (unpaired) electrons. The third kappa shape index (κ3) is 5.09. The largest absolute Gasteiger partial charge is 0.456 e. The van der Waals surface area contributed by atoms with E-state index in [1.54, 1.807) is 0 Å². The van der Waals surface area contributed by atoms with E-state index < -0.39 is 0 Å². The summed E-state index contributed by atoms with van der Waals surface area (Å²) in [6.45, 7) is 0. The fourth-order valence-corrected chi connectivity index (χ4v) is 8.77. The molecular formula is C54H33NO3. The Morgan fingerprint density at radius 3 is 1.45 bits per heavy atom. The molecule has 0 saturated carbocycles. The van der Waals surface area contributed by atoms with Crippen molar-refractivity contribution in [2.45, 2.75) is 0 Å². The fourth-order valence-electron chi connectivity index (χ4n) is 8.77. The van der Waals surface area contributed by atoms with E-state index in [1.165, 1.54) is 0 Å². The normalized spacial score (nSPS) is 11.8. The predicted molar refractivity (Wildman–Crippen MR) is 239 cm³/mol. The van der Waals surface area contributed by atoms with Crippen molar-refractivity contribution in [3.8, 4) is 33.4 Å².